The molecule has 1 saturated heterocycles. The van der Waals surface area contributed by atoms with Crippen LogP contribution in [0.5, 0.6) is 0 Å². The van der Waals surface area contributed by atoms with Gasteiger partial charge in [-0.25, -0.2) is 0 Å². The second kappa shape index (κ2) is 10.4. The van der Waals surface area contributed by atoms with E-state index in [2.05, 4.69) is 53.3 Å². The van der Waals surface area contributed by atoms with Crippen LogP contribution in [-0.4, -0.2) is 49.6 Å². The third kappa shape index (κ3) is 5.09. The first-order valence-electron chi connectivity index (χ1n) is 11.9. The molecule has 4 bridgehead atoms. The summed E-state index contributed by atoms with van der Waals surface area (Å²) in [6.07, 6.45) is 14.2. The van der Waals surface area contributed by atoms with Gasteiger partial charge < -0.3 is 9.80 Å². The van der Waals surface area contributed by atoms with Crippen molar-refractivity contribution < 1.29 is 0 Å². The summed E-state index contributed by atoms with van der Waals surface area (Å²) in [7, 11) is 2.25. The summed E-state index contributed by atoms with van der Waals surface area (Å²) in [6, 6.07) is 11.4. The predicted octanol–water partition coefficient (Wildman–Crippen LogP) is 6.16. The van der Waals surface area contributed by atoms with Gasteiger partial charge in [-0.05, 0) is 99.3 Å². The zero-order chi connectivity index (χ0) is 19.0. The number of benzene rings is 1. The van der Waals surface area contributed by atoms with E-state index in [0.29, 0.717) is 5.41 Å². The highest BCUT2D eigenvalue weighted by Gasteiger charge is 2.52. The highest BCUT2D eigenvalue weighted by atomic mass is 35.5. The molecule has 0 N–H and O–H groups in total. The van der Waals surface area contributed by atoms with Crippen molar-refractivity contribution in [2.75, 3.05) is 39.8 Å². The fourth-order valence-corrected chi connectivity index (χ4v) is 7.33. The SMILES string of the molecule is CN1CCN(CCCC=C(c2ccccc2)C23CC4CC(CC(C4)C2)C3)CC1.Cl.Cl. The van der Waals surface area contributed by atoms with Gasteiger partial charge in [0.05, 0.1) is 0 Å². The van der Waals surface area contributed by atoms with Gasteiger partial charge in [-0.2, -0.15) is 0 Å². The lowest BCUT2D eigenvalue weighted by molar-refractivity contribution is -0.0178. The Labute approximate surface area is 196 Å². The molecule has 2 nitrogen and oxygen atoms in total. The van der Waals surface area contributed by atoms with Crippen LogP contribution in [-0.2, 0) is 0 Å². The molecule has 1 heterocycles. The number of rotatable bonds is 6. The lowest BCUT2D eigenvalue weighted by atomic mass is 9.47. The molecule has 0 unspecified atom stereocenters. The second-order valence-electron chi connectivity index (χ2n) is 10.5. The van der Waals surface area contributed by atoms with Crippen molar-refractivity contribution in [1.29, 1.82) is 0 Å². The molecule has 0 aromatic heterocycles. The molecule has 4 saturated carbocycles. The van der Waals surface area contributed by atoms with Crippen LogP contribution < -0.4 is 0 Å². The Bertz CT molecular complexity index is 659. The average molecular weight is 452 g/mol. The number of hydrogen-bond donors (Lipinski definition) is 0. The minimum Gasteiger partial charge on any atom is -0.304 e. The Balaban J connectivity index is 0.00000128. The number of hydrogen-bond acceptors (Lipinski definition) is 2. The highest BCUT2D eigenvalue weighted by molar-refractivity contribution is 5.85. The van der Waals surface area contributed by atoms with Gasteiger partial charge >= 0.3 is 0 Å². The Morgan fingerprint density at radius 3 is 2.03 bits per heavy atom. The van der Waals surface area contributed by atoms with Crippen molar-refractivity contribution in [3.05, 3.63) is 42.0 Å². The fraction of sp³-hybridized carbons (Fsp3) is 0.692. The maximum Gasteiger partial charge on any atom is 0.0110 e. The van der Waals surface area contributed by atoms with Crippen molar-refractivity contribution >= 4 is 30.4 Å². The molecule has 5 aliphatic rings. The maximum absolute atomic E-state index is 2.68. The topological polar surface area (TPSA) is 6.48 Å². The van der Waals surface area contributed by atoms with Crippen LogP contribution in [0.4, 0.5) is 0 Å². The van der Waals surface area contributed by atoms with Crippen LogP contribution in [0.15, 0.2) is 36.4 Å². The standard InChI is InChI=1S/C26H38N2.2ClH/c1-27-11-13-28(14-12-27)10-6-5-9-25(24-7-3-2-4-8-24)26-18-21-15-22(19-26)17-23(16-21)20-26;;/h2-4,7-9,21-23H,5-6,10-20H2,1H3;2*1H. The quantitative estimate of drug-likeness (QED) is 0.478. The minimum absolute atomic E-state index is 0. The number of nitrogens with zero attached hydrogens (tertiary/aromatic N) is 2. The lowest BCUT2D eigenvalue weighted by Gasteiger charge is -2.58. The smallest absolute Gasteiger partial charge is 0.0110 e. The van der Waals surface area contributed by atoms with E-state index >= 15 is 0 Å². The van der Waals surface area contributed by atoms with Crippen molar-refractivity contribution in [1.82, 2.24) is 9.80 Å². The summed E-state index contributed by atoms with van der Waals surface area (Å²) in [6.45, 7) is 6.24. The lowest BCUT2D eigenvalue weighted by Crippen LogP contribution is -2.46. The number of halogens is 2. The van der Waals surface area contributed by atoms with Gasteiger partial charge in [0.15, 0.2) is 0 Å². The molecule has 0 atom stereocenters. The van der Waals surface area contributed by atoms with Crippen LogP contribution >= 0.6 is 24.8 Å². The molecule has 1 aromatic carbocycles. The van der Waals surface area contributed by atoms with E-state index < -0.39 is 0 Å². The summed E-state index contributed by atoms with van der Waals surface area (Å²) in [5, 5.41) is 0. The fourth-order valence-electron chi connectivity index (χ4n) is 7.33. The van der Waals surface area contributed by atoms with Gasteiger partial charge in [0.1, 0.15) is 0 Å². The minimum atomic E-state index is 0. The molecule has 168 valence electrons. The molecule has 0 radical (unpaired) electrons. The Kier molecular flexibility index (Phi) is 8.35. The van der Waals surface area contributed by atoms with Crippen LogP contribution in [0.2, 0.25) is 0 Å². The zero-order valence-electron chi connectivity index (χ0n) is 18.6. The second-order valence-corrected chi connectivity index (χ2v) is 10.5. The van der Waals surface area contributed by atoms with E-state index in [4.69, 9.17) is 0 Å². The van der Waals surface area contributed by atoms with E-state index in [9.17, 15) is 0 Å². The normalized spacial score (nSPS) is 33.8. The largest absolute Gasteiger partial charge is 0.304 e. The molecule has 6 rings (SSSR count). The molecule has 30 heavy (non-hydrogen) atoms. The zero-order valence-corrected chi connectivity index (χ0v) is 20.2. The summed E-state index contributed by atoms with van der Waals surface area (Å²) < 4.78 is 0. The third-order valence-corrected chi connectivity index (χ3v) is 8.32. The molecule has 4 heteroatoms. The predicted molar refractivity (Wildman–Crippen MR) is 133 cm³/mol. The van der Waals surface area contributed by atoms with Crippen molar-refractivity contribution in [2.45, 2.75) is 51.4 Å². The molecule has 1 aromatic rings. The third-order valence-electron chi connectivity index (χ3n) is 8.32. The molecular weight excluding hydrogens is 411 g/mol. The summed E-state index contributed by atoms with van der Waals surface area (Å²) >= 11 is 0. The summed E-state index contributed by atoms with van der Waals surface area (Å²) in [5.74, 6) is 3.05. The summed E-state index contributed by atoms with van der Waals surface area (Å²) in [4.78, 5) is 5.12. The van der Waals surface area contributed by atoms with Crippen molar-refractivity contribution in [3.8, 4) is 0 Å². The van der Waals surface area contributed by atoms with Gasteiger partial charge in [-0.3, -0.25) is 0 Å². The van der Waals surface area contributed by atoms with Crippen LogP contribution in [0.25, 0.3) is 5.57 Å². The monoisotopic (exact) mass is 450 g/mol. The first-order valence-corrected chi connectivity index (χ1v) is 11.9. The number of piperazine rings is 1. The van der Waals surface area contributed by atoms with Gasteiger partial charge in [-0.1, -0.05) is 36.4 Å². The van der Waals surface area contributed by atoms with Crippen molar-refractivity contribution in [3.63, 3.8) is 0 Å². The Hall–Kier alpha value is -0.540. The van der Waals surface area contributed by atoms with Gasteiger partial charge in [0, 0.05) is 26.2 Å². The van der Waals surface area contributed by atoms with Crippen LogP contribution in [0.3, 0.4) is 0 Å². The van der Waals surface area contributed by atoms with Crippen LogP contribution in [0, 0.1) is 23.2 Å². The van der Waals surface area contributed by atoms with Gasteiger partial charge in [-0.15, -0.1) is 24.8 Å². The molecule has 4 aliphatic carbocycles. The first kappa shape index (κ1) is 24.1. The first-order chi connectivity index (χ1) is 13.7. The van der Waals surface area contributed by atoms with E-state index in [1.807, 2.05) is 0 Å². The number of allylic oxidation sites excluding steroid dienone is 2. The highest BCUT2D eigenvalue weighted by Crippen LogP contribution is 2.64. The molecule has 0 amide bonds. The van der Waals surface area contributed by atoms with E-state index in [1.54, 1.807) is 5.57 Å². The Morgan fingerprint density at radius 1 is 0.900 bits per heavy atom. The average Bonchev–Trinajstić information content (AvgIpc) is 2.69. The van der Waals surface area contributed by atoms with Gasteiger partial charge in [0.2, 0.25) is 0 Å². The van der Waals surface area contributed by atoms with E-state index in [-0.39, 0.29) is 24.8 Å². The van der Waals surface area contributed by atoms with E-state index in [1.165, 1.54) is 89.7 Å². The van der Waals surface area contributed by atoms with Crippen molar-refractivity contribution in [2.24, 2.45) is 23.2 Å². The maximum atomic E-state index is 2.68. The molecule has 1 aliphatic heterocycles. The van der Waals surface area contributed by atoms with E-state index in [0.717, 1.165) is 17.8 Å². The van der Waals surface area contributed by atoms with Gasteiger partial charge in [0.25, 0.3) is 0 Å². The Morgan fingerprint density at radius 2 is 1.47 bits per heavy atom. The number of likely N-dealkylation sites (N-methyl/N-ethyl adjacent to an activating group) is 1. The molecule has 0 spiro atoms. The molecular formula is C26H40Cl2N2. The number of unbranched alkanes of at least 4 members (excludes halogenated alkanes) is 1. The summed E-state index contributed by atoms with van der Waals surface area (Å²) in [5.41, 5.74) is 3.75. The molecule has 5 fully saturated rings. The van der Waals surface area contributed by atoms with Crippen LogP contribution in [0.1, 0.15) is 56.9 Å².